The molecular weight excluding hydrogens is 398 g/mol. The van der Waals surface area contributed by atoms with Crippen molar-refractivity contribution in [3.05, 3.63) is 101 Å². The maximum Gasteiger partial charge on any atom is 0.256 e. The Kier molecular flexibility index (Phi) is 4.08. The summed E-state index contributed by atoms with van der Waals surface area (Å²) < 4.78 is 4.09. The molecule has 0 saturated carbocycles. The van der Waals surface area contributed by atoms with Gasteiger partial charge in [0, 0.05) is 35.1 Å². The Morgan fingerprint density at radius 1 is 0.969 bits per heavy atom. The number of aromatic nitrogens is 4. The zero-order chi connectivity index (χ0) is 21.8. The number of nitrogens with one attached hydrogen (secondary N) is 1. The van der Waals surface area contributed by atoms with E-state index in [4.69, 9.17) is 5.10 Å². The molecule has 1 N–H and O–H groups in total. The van der Waals surface area contributed by atoms with Crippen molar-refractivity contribution in [3.63, 3.8) is 0 Å². The molecule has 1 aliphatic heterocycles. The number of hydrogen-bond acceptors (Lipinski definition) is 2. The number of hydrogen-bond donors (Lipinski definition) is 1. The van der Waals surface area contributed by atoms with Gasteiger partial charge in [-0.2, -0.15) is 5.10 Å². The lowest BCUT2D eigenvalue weighted by molar-refractivity contribution is 0.0751. The van der Waals surface area contributed by atoms with Gasteiger partial charge < -0.3 is 14.5 Å². The Balaban J connectivity index is 1.41. The van der Waals surface area contributed by atoms with Crippen molar-refractivity contribution in [2.75, 3.05) is 0 Å². The number of fused-ring (bicyclic) bond motifs is 2. The molecule has 1 amide bonds. The molecule has 32 heavy (non-hydrogen) atoms. The molecule has 2 aromatic carbocycles. The van der Waals surface area contributed by atoms with Crippen molar-refractivity contribution < 1.29 is 4.79 Å². The summed E-state index contributed by atoms with van der Waals surface area (Å²) in [6.07, 6.45) is 5.86. The molecule has 0 unspecified atom stereocenters. The first-order chi connectivity index (χ1) is 15.6. The molecule has 0 atom stereocenters. The second-order valence-electron chi connectivity index (χ2n) is 8.43. The van der Waals surface area contributed by atoms with E-state index in [9.17, 15) is 4.79 Å². The molecule has 0 radical (unpaired) electrons. The summed E-state index contributed by atoms with van der Waals surface area (Å²) in [5, 5.41) is 5.91. The summed E-state index contributed by atoms with van der Waals surface area (Å²) in [4.78, 5) is 18.5. The number of carbonyl (C=O) groups excluding carboxylic acids is 1. The zero-order valence-electron chi connectivity index (χ0n) is 18.0. The first-order valence-corrected chi connectivity index (χ1v) is 10.8. The van der Waals surface area contributed by atoms with Crippen LogP contribution in [0.15, 0.2) is 73.2 Å². The van der Waals surface area contributed by atoms with E-state index in [0.29, 0.717) is 18.7 Å². The van der Waals surface area contributed by atoms with Gasteiger partial charge in [0.25, 0.3) is 5.91 Å². The van der Waals surface area contributed by atoms with Gasteiger partial charge >= 0.3 is 0 Å². The molecule has 4 heterocycles. The van der Waals surface area contributed by atoms with E-state index in [1.165, 1.54) is 11.1 Å². The summed E-state index contributed by atoms with van der Waals surface area (Å²) in [7, 11) is 0. The van der Waals surface area contributed by atoms with Crippen LogP contribution in [0.3, 0.4) is 0 Å². The topological polar surface area (TPSA) is 58.9 Å². The number of aromatic amines is 1. The second-order valence-corrected chi connectivity index (χ2v) is 8.43. The first kappa shape index (κ1) is 18.7. The van der Waals surface area contributed by atoms with Crippen molar-refractivity contribution in [3.8, 4) is 11.5 Å². The van der Waals surface area contributed by atoms with Crippen LogP contribution in [0.25, 0.3) is 22.4 Å². The fraction of sp³-hybridized carbons (Fsp3) is 0.154. The molecule has 0 bridgehead atoms. The number of carbonyl (C=O) groups is 1. The molecule has 0 spiro atoms. The molecule has 6 heteroatoms. The predicted octanol–water partition coefficient (Wildman–Crippen LogP) is 4.92. The van der Waals surface area contributed by atoms with Gasteiger partial charge in [0.2, 0.25) is 0 Å². The van der Waals surface area contributed by atoms with Gasteiger partial charge in [-0.3, -0.25) is 4.79 Å². The standard InChI is InChI=1S/C26H23N5O/c1-17-9-10-19(13-18(17)2)31-25(29-11-5-6-12-29)22-15-30(16-24(22)28-31)26(32)21-14-27-23-8-4-3-7-20(21)23/h3-14,27H,15-16H2,1-2H3. The lowest BCUT2D eigenvalue weighted by Crippen LogP contribution is -2.26. The Labute approximate surface area is 185 Å². The highest BCUT2D eigenvalue weighted by molar-refractivity contribution is 6.06. The number of H-pyrrole nitrogens is 1. The summed E-state index contributed by atoms with van der Waals surface area (Å²) in [5.41, 5.74) is 7.23. The minimum Gasteiger partial charge on any atom is -0.360 e. The number of nitrogens with zero attached hydrogens (tertiary/aromatic N) is 4. The van der Waals surface area contributed by atoms with E-state index in [-0.39, 0.29) is 5.91 Å². The first-order valence-electron chi connectivity index (χ1n) is 10.8. The highest BCUT2D eigenvalue weighted by Crippen LogP contribution is 2.32. The van der Waals surface area contributed by atoms with Crippen LogP contribution in [0, 0.1) is 13.8 Å². The number of amides is 1. The predicted molar refractivity (Wildman–Crippen MR) is 124 cm³/mol. The average Bonchev–Trinajstić information content (AvgIpc) is 3.57. The zero-order valence-corrected chi connectivity index (χ0v) is 18.0. The molecule has 6 nitrogen and oxygen atoms in total. The molecule has 1 aliphatic rings. The third kappa shape index (κ3) is 2.80. The van der Waals surface area contributed by atoms with Crippen LogP contribution in [-0.2, 0) is 13.1 Å². The van der Waals surface area contributed by atoms with Crippen LogP contribution in [0.2, 0.25) is 0 Å². The van der Waals surface area contributed by atoms with Crippen molar-refractivity contribution in [2.24, 2.45) is 0 Å². The van der Waals surface area contributed by atoms with Crippen molar-refractivity contribution >= 4 is 16.8 Å². The number of benzene rings is 2. The van der Waals surface area contributed by atoms with Gasteiger partial charge in [-0.25, -0.2) is 4.68 Å². The summed E-state index contributed by atoms with van der Waals surface area (Å²) in [6.45, 7) is 5.27. The quantitative estimate of drug-likeness (QED) is 0.450. The van der Waals surface area contributed by atoms with Gasteiger partial charge in [0.05, 0.1) is 30.0 Å². The van der Waals surface area contributed by atoms with Crippen LogP contribution in [0.4, 0.5) is 0 Å². The lowest BCUT2D eigenvalue weighted by Gasteiger charge is -2.17. The van der Waals surface area contributed by atoms with Crippen LogP contribution < -0.4 is 0 Å². The Hall–Kier alpha value is -4.06. The molecule has 0 aliphatic carbocycles. The van der Waals surface area contributed by atoms with E-state index >= 15 is 0 Å². The summed E-state index contributed by atoms with van der Waals surface area (Å²) in [5.74, 6) is 1.01. The Bertz CT molecular complexity index is 1470. The maximum atomic E-state index is 13.4. The van der Waals surface area contributed by atoms with Crippen molar-refractivity contribution in [1.29, 1.82) is 0 Å². The van der Waals surface area contributed by atoms with E-state index in [0.717, 1.165) is 33.7 Å². The number of rotatable bonds is 3. The normalized spacial score (nSPS) is 13.1. The Morgan fingerprint density at radius 2 is 1.78 bits per heavy atom. The third-order valence-electron chi connectivity index (χ3n) is 6.42. The monoisotopic (exact) mass is 421 g/mol. The summed E-state index contributed by atoms with van der Waals surface area (Å²) >= 11 is 0. The van der Waals surface area contributed by atoms with E-state index in [1.54, 1.807) is 0 Å². The lowest BCUT2D eigenvalue weighted by atomic mass is 10.1. The maximum absolute atomic E-state index is 13.4. The van der Waals surface area contributed by atoms with Gasteiger partial charge in [0.15, 0.2) is 0 Å². The fourth-order valence-corrected chi connectivity index (χ4v) is 4.54. The fourth-order valence-electron chi connectivity index (χ4n) is 4.54. The van der Waals surface area contributed by atoms with Crippen LogP contribution in [0.5, 0.6) is 0 Å². The molecule has 0 fully saturated rings. The van der Waals surface area contributed by atoms with Crippen molar-refractivity contribution in [2.45, 2.75) is 26.9 Å². The number of para-hydroxylation sites is 1. The highest BCUT2D eigenvalue weighted by atomic mass is 16.2. The van der Waals surface area contributed by atoms with Crippen LogP contribution >= 0.6 is 0 Å². The summed E-state index contributed by atoms with van der Waals surface area (Å²) in [6, 6.07) is 18.3. The van der Waals surface area contributed by atoms with Crippen LogP contribution in [-0.4, -0.2) is 30.1 Å². The van der Waals surface area contributed by atoms with Gasteiger partial charge in [-0.1, -0.05) is 24.3 Å². The second kappa shape index (κ2) is 6.99. The average molecular weight is 422 g/mol. The molecular formula is C26H23N5O. The van der Waals surface area contributed by atoms with Gasteiger partial charge in [-0.15, -0.1) is 0 Å². The highest BCUT2D eigenvalue weighted by Gasteiger charge is 2.32. The smallest absolute Gasteiger partial charge is 0.256 e. The third-order valence-corrected chi connectivity index (χ3v) is 6.42. The molecule has 3 aromatic heterocycles. The molecule has 0 saturated heterocycles. The van der Waals surface area contributed by atoms with Crippen LogP contribution in [0.1, 0.15) is 32.7 Å². The minimum atomic E-state index is 0.0247. The van der Waals surface area contributed by atoms with E-state index < -0.39 is 0 Å². The molecule has 5 aromatic rings. The molecule has 6 rings (SSSR count). The van der Waals surface area contributed by atoms with E-state index in [1.807, 2.05) is 64.6 Å². The van der Waals surface area contributed by atoms with Gasteiger partial charge in [-0.05, 0) is 55.3 Å². The van der Waals surface area contributed by atoms with Gasteiger partial charge in [0.1, 0.15) is 5.82 Å². The van der Waals surface area contributed by atoms with Crippen molar-refractivity contribution in [1.82, 2.24) is 24.2 Å². The SMILES string of the molecule is Cc1ccc(-n2nc3c(c2-n2cccc2)CN(C(=O)c2c[nH]c4ccccc24)C3)cc1C. The molecule has 158 valence electrons. The largest absolute Gasteiger partial charge is 0.360 e. The number of aryl methyl sites for hydroxylation is 2. The minimum absolute atomic E-state index is 0.0247. The Morgan fingerprint density at radius 3 is 2.59 bits per heavy atom. The van der Waals surface area contributed by atoms with E-state index in [2.05, 4.69) is 41.6 Å².